The number of fused-ring (bicyclic) bond motifs is 2. The van der Waals surface area contributed by atoms with E-state index in [0.717, 1.165) is 41.9 Å². The molecule has 2 aliphatic heterocycles. The maximum absolute atomic E-state index is 13.8. The number of nitrogens with zero attached hydrogens (tertiary/aromatic N) is 5. The van der Waals surface area contributed by atoms with Crippen molar-refractivity contribution in [2.75, 3.05) is 20.1 Å². The summed E-state index contributed by atoms with van der Waals surface area (Å²) in [6, 6.07) is 11.4. The summed E-state index contributed by atoms with van der Waals surface area (Å²) in [5.41, 5.74) is 2.68. The first-order valence-corrected chi connectivity index (χ1v) is 19.6. The minimum absolute atomic E-state index is 0.161. The molecule has 0 spiro atoms. The Hall–Kier alpha value is -2.66. The van der Waals surface area contributed by atoms with Crippen molar-refractivity contribution in [3.8, 4) is 21.1 Å². The maximum Gasteiger partial charge on any atom is 0.221 e. The lowest BCUT2D eigenvalue weighted by molar-refractivity contribution is -0.0902. The topological polar surface area (TPSA) is 104 Å². The average molecular weight is 935 g/mol. The number of ketones is 4. The van der Waals surface area contributed by atoms with Gasteiger partial charge < -0.3 is 9.80 Å². The molecule has 4 aliphatic rings. The van der Waals surface area contributed by atoms with Crippen LogP contribution in [0.25, 0.3) is 21.1 Å². The summed E-state index contributed by atoms with van der Waals surface area (Å²) in [5.74, 6) is -1.01. The van der Waals surface area contributed by atoms with Gasteiger partial charge in [-0.3, -0.25) is 24.1 Å². The Morgan fingerprint density at radius 3 is 1.35 bits per heavy atom. The van der Waals surface area contributed by atoms with Crippen molar-refractivity contribution in [2.45, 2.75) is 25.2 Å². The van der Waals surface area contributed by atoms with Gasteiger partial charge >= 0.3 is 0 Å². The van der Waals surface area contributed by atoms with Crippen LogP contribution < -0.4 is 0 Å². The fraction of sp³-hybridized carbons (Fsp3) is 0.212. The third-order valence-electron chi connectivity index (χ3n) is 8.89. The standard InChI is InChI=1S/C33H21Br4N5O4S2/c1-40(24-2-4-41(24)20-12-22(43)26-30(28(20)45)47-32(38-26)14-6-16(34)10-17(35)7-14)25-3-5-42(25)21-13-23(44)27-31(29(21)46)48-33(39-27)15-8-18(36)11-19(37)9-15/h6-13,24-25H,2-5H2,1H3. The van der Waals surface area contributed by atoms with Crippen LogP contribution in [0.2, 0.25) is 0 Å². The number of allylic oxidation sites excluding steroid dienone is 4. The predicted molar refractivity (Wildman–Crippen MR) is 197 cm³/mol. The molecule has 242 valence electrons. The first-order chi connectivity index (χ1) is 23.0. The maximum atomic E-state index is 13.8. The molecule has 4 heterocycles. The smallest absolute Gasteiger partial charge is 0.221 e. The van der Waals surface area contributed by atoms with Gasteiger partial charge in [0.1, 0.15) is 31.2 Å². The van der Waals surface area contributed by atoms with Gasteiger partial charge in [0, 0.05) is 54.3 Å². The Morgan fingerprint density at radius 2 is 1.02 bits per heavy atom. The second-order valence-corrected chi connectivity index (χ2v) is 17.4. The SMILES string of the molecule is CN(C1CCN1C1=CC(=O)c2nc(-c3cc(Br)cc(Br)c3)sc2C1=O)C1CCN1C1=CC(=O)c2nc(-c3cc(Br)cc(Br)c3)sc2C1=O. The summed E-state index contributed by atoms with van der Waals surface area (Å²) in [5, 5.41) is 1.20. The van der Waals surface area contributed by atoms with E-state index in [2.05, 4.69) is 78.6 Å². The second-order valence-electron chi connectivity index (χ2n) is 11.7. The first kappa shape index (κ1) is 32.5. The molecule has 0 bridgehead atoms. The summed E-state index contributed by atoms with van der Waals surface area (Å²) < 4.78 is 3.42. The van der Waals surface area contributed by atoms with E-state index in [-0.39, 0.29) is 46.9 Å². The lowest BCUT2D eigenvalue weighted by Crippen LogP contribution is -2.66. The molecule has 2 aliphatic carbocycles. The number of aromatic nitrogens is 2. The number of carbonyl (C=O) groups is 4. The zero-order valence-electron chi connectivity index (χ0n) is 24.8. The van der Waals surface area contributed by atoms with E-state index in [9.17, 15) is 19.2 Å². The third kappa shape index (κ3) is 5.46. The van der Waals surface area contributed by atoms with Crippen LogP contribution in [0.5, 0.6) is 0 Å². The van der Waals surface area contributed by atoms with Crippen LogP contribution in [0.3, 0.4) is 0 Å². The molecule has 2 unspecified atom stereocenters. The van der Waals surface area contributed by atoms with E-state index < -0.39 is 0 Å². The Kier molecular flexibility index (Phi) is 8.33. The predicted octanol–water partition coefficient (Wildman–Crippen LogP) is 8.21. The number of halogens is 4. The minimum Gasteiger partial charge on any atom is -0.352 e. The number of hydrogen-bond acceptors (Lipinski definition) is 11. The molecule has 2 fully saturated rings. The van der Waals surface area contributed by atoms with Crippen LogP contribution in [-0.2, 0) is 0 Å². The van der Waals surface area contributed by atoms with E-state index in [1.54, 1.807) is 0 Å². The van der Waals surface area contributed by atoms with Gasteiger partial charge in [0.2, 0.25) is 23.1 Å². The minimum atomic E-state index is -0.291. The number of benzene rings is 2. The summed E-state index contributed by atoms with van der Waals surface area (Å²) in [7, 11) is 1.96. The van der Waals surface area contributed by atoms with Crippen molar-refractivity contribution in [3.05, 3.63) is 99.0 Å². The summed E-state index contributed by atoms with van der Waals surface area (Å²) in [4.78, 5) is 69.9. The van der Waals surface area contributed by atoms with E-state index in [1.807, 2.05) is 53.2 Å². The van der Waals surface area contributed by atoms with Crippen LogP contribution in [-0.4, -0.2) is 80.3 Å². The van der Waals surface area contributed by atoms with Crippen molar-refractivity contribution in [1.29, 1.82) is 0 Å². The molecule has 2 atom stereocenters. The monoisotopic (exact) mass is 931 g/mol. The zero-order chi connectivity index (χ0) is 33.6. The van der Waals surface area contributed by atoms with E-state index in [4.69, 9.17) is 0 Å². The Labute approximate surface area is 316 Å². The highest BCUT2D eigenvalue weighted by Gasteiger charge is 2.46. The fourth-order valence-electron chi connectivity index (χ4n) is 6.41. The summed E-state index contributed by atoms with van der Waals surface area (Å²) in [6.07, 6.45) is 4.05. The van der Waals surface area contributed by atoms with Gasteiger partial charge in [0.05, 0.1) is 23.7 Å². The molecule has 2 aromatic carbocycles. The molecule has 48 heavy (non-hydrogen) atoms. The van der Waals surface area contributed by atoms with Gasteiger partial charge in [-0.25, -0.2) is 9.97 Å². The Morgan fingerprint density at radius 1 is 0.646 bits per heavy atom. The summed E-state index contributed by atoms with van der Waals surface area (Å²) >= 11 is 16.4. The van der Waals surface area contributed by atoms with Gasteiger partial charge in [0.25, 0.3) is 0 Å². The lowest BCUT2D eigenvalue weighted by atomic mass is 9.96. The Balaban J connectivity index is 1.01. The average Bonchev–Trinajstić information content (AvgIpc) is 3.63. The van der Waals surface area contributed by atoms with Gasteiger partial charge in [-0.1, -0.05) is 63.7 Å². The van der Waals surface area contributed by atoms with Crippen LogP contribution >= 0.6 is 86.4 Å². The van der Waals surface area contributed by atoms with E-state index >= 15 is 0 Å². The molecule has 2 saturated heterocycles. The second kappa shape index (κ2) is 12.3. The number of carbonyl (C=O) groups excluding carboxylic acids is 4. The van der Waals surface area contributed by atoms with Crippen molar-refractivity contribution in [3.63, 3.8) is 0 Å². The number of rotatable bonds is 6. The summed E-state index contributed by atoms with van der Waals surface area (Å²) in [6.45, 7) is 1.23. The normalized spacial score (nSPS) is 20.4. The molecule has 0 amide bonds. The first-order valence-electron chi connectivity index (χ1n) is 14.8. The zero-order valence-corrected chi connectivity index (χ0v) is 32.8. The molecule has 0 radical (unpaired) electrons. The molecule has 15 heteroatoms. The molecule has 0 N–H and O–H groups in total. The van der Waals surface area contributed by atoms with E-state index in [1.165, 1.54) is 34.8 Å². The number of likely N-dealkylation sites (tertiary alicyclic amines) is 2. The molecule has 9 nitrogen and oxygen atoms in total. The molecule has 8 rings (SSSR count). The number of thiazole rings is 2. The fourth-order valence-corrected chi connectivity index (χ4v) is 11.0. The molecular weight excluding hydrogens is 914 g/mol. The molecule has 0 saturated carbocycles. The molecule has 4 aromatic rings. The number of Topliss-reactive ketones (excluding diaryl/α,β-unsaturated/α-hetero) is 2. The van der Waals surface area contributed by atoms with Gasteiger partial charge in [-0.15, -0.1) is 22.7 Å². The van der Waals surface area contributed by atoms with Crippen molar-refractivity contribution in [2.24, 2.45) is 0 Å². The van der Waals surface area contributed by atoms with Crippen LogP contribution in [0, 0.1) is 0 Å². The molecular formula is C33H21Br4N5O4S2. The quantitative estimate of drug-likeness (QED) is 0.189. The highest BCUT2D eigenvalue weighted by atomic mass is 79.9. The Bertz CT molecular complexity index is 2000. The van der Waals surface area contributed by atoms with Crippen LogP contribution in [0.4, 0.5) is 0 Å². The van der Waals surface area contributed by atoms with Crippen LogP contribution in [0.1, 0.15) is 53.2 Å². The van der Waals surface area contributed by atoms with Gasteiger partial charge in [0.15, 0.2) is 0 Å². The largest absolute Gasteiger partial charge is 0.352 e. The third-order valence-corrected chi connectivity index (χ3v) is 12.9. The highest BCUT2D eigenvalue weighted by Crippen LogP contribution is 2.41. The van der Waals surface area contributed by atoms with Crippen molar-refractivity contribution >= 4 is 110 Å². The highest BCUT2D eigenvalue weighted by molar-refractivity contribution is 9.11. The van der Waals surface area contributed by atoms with Gasteiger partial charge in [-0.05, 0) is 56.3 Å². The van der Waals surface area contributed by atoms with Gasteiger partial charge in [-0.2, -0.15) is 0 Å². The lowest BCUT2D eigenvalue weighted by Gasteiger charge is -2.56. The molecule has 2 aromatic heterocycles. The van der Waals surface area contributed by atoms with Crippen molar-refractivity contribution in [1.82, 2.24) is 24.7 Å². The van der Waals surface area contributed by atoms with Crippen LogP contribution in [0.15, 0.2) is 77.8 Å². The van der Waals surface area contributed by atoms with E-state index in [0.29, 0.717) is 44.3 Å². The van der Waals surface area contributed by atoms with Crippen molar-refractivity contribution < 1.29 is 19.2 Å². The number of hydrogen-bond donors (Lipinski definition) is 0.